The zero-order chi connectivity index (χ0) is 24.6. The molecule has 2 aromatic rings. The fourth-order valence-electron chi connectivity index (χ4n) is 4.65. The molecule has 0 saturated carbocycles. The van der Waals surface area contributed by atoms with Crippen LogP contribution in [0.1, 0.15) is 54.6 Å². The van der Waals surface area contributed by atoms with E-state index in [-0.39, 0.29) is 29.0 Å². The lowest BCUT2D eigenvalue weighted by molar-refractivity contribution is -0.132. The van der Waals surface area contributed by atoms with Crippen molar-refractivity contribution in [2.75, 3.05) is 7.11 Å². The average Bonchev–Trinajstić information content (AvgIpc) is 3.24. The molecule has 3 amide bonds. The average molecular weight is 482 g/mol. The second-order valence-corrected chi connectivity index (χ2v) is 11.3. The minimum Gasteiger partial charge on any atom is -0.497 e. The van der Waals surface area contributed by atoms with Gasteiger partial charge < -0.3 is 20.3 Å². The Morgan fingerprint density at radius 3 is 2.59 bits per heavy atom. The first-order valence-electron chi connectivity index (χ1n) is 11.4. The van der Waals surface area contributed by atoms with E-state index in [1.807, 2.05) is 70.2 Å². The van der Waals surface area contributed by atoms with Gasteiger partial charge in [0.25, 0.3) is 5.91 Å². The van der Waals surface area contributed by atoms with Crippen LogP contribution in [-0.4, -0.2) is 46.6 Å². The number of amides is 3. The number of hydrogen-bond donors (Lipinski definition) is 2. The van der Waals surface area contributed by atoms with Crippen molar-refractivity contribution >= 4 is 29.5 Å². The molecule has 2 N–H and O–H groups in total. The van der Waals surface area contributed by atoms with Gasteiger partial charge in [-0.2, -0.15) is 0 Å². The van der Waals surface area contributed by atoms with Crippen molar-refractivity contribution in [1.29, 1.82) is 0 Å². The number of carbonyl (C=O) groups excluding carboxylic acids is 3. The second kappa shape index (κ2) is 9.33. The summed E-state index contributed by atoms with van der Waals surface area (Å²) < 4.78 is 4.74. The van der Waals surface area contributed by atoms with Gasteiger partial charge in [0.2, 0.25) is 11.8 Å². The molecule has 7 nitrogen and oxygen atoms in total. The van der Waals surface area contributed by atoms with E-state index >= 15 is 0 Å². The number of thioether (sulfide) groups is 1. The van der Waals surface area contributed by atoms with Gasteiger partial charge in [-0.05, 0) is 49.1 Å². The molecule has 0 radical (unpaired) electrons. The summed E-state index contributed by atoms with van der Waals surface area (Å²) in [5.74, 6) is -0.123. The van der Waals surface area contributed by atoms with Gasteiger partial charge in [0.05, 0.1) is 7.11 Å². The quantitative estimate of drug-likeness (QED) is 0.632. The maximum atomic E-state index is 13.6. The van der Waals surface area contributed by atoms with Gasteiger partial charge >= 0.3 is 0 Å². The van der Waals surface area contributed by atoms with Crippen LogP contribution in [0.5, 0.6) is 5.75 Å². The van der Waals surface area contributed by atoms with Gasteiger partial charge in [0.1, 0.15) is 23.2 Å². The Morgan fingerprint density at radius 2 is 1.88 bits per heavy atom. The van der Waals surface area contributed by atoms with Crippen LogP contribution in [0, 0.1) is 5.92 Å². The molecule has 3 atom stereocenters. The lowest BCUT2D eigenvalue weighted by Crippen LogP contribution is -2.58. The van der Waals surface area contributed by atoms with E-state index in [0.717, 1.165) is 11.1 Å². The van der Waals surface area contributed by atoms with Crippen LogP contribution >= 0.6 is 11.8 Å². The fourth-order valence-corrected chi connectivity index (χ4v) is 6.24. The highest BCUT2D eigenvalue weighted by molar-refractivity contribution is 8.01. The number of hydrogen-bond acceptors (Lipinski definition) is 5. The van der Waals surface area contributed by atoms with E-state index in [2.05, 4.69) is 10.6 Å². The summed E-state index contributed by atoms with van der Waals surface area (Å²) in [6.07, 6.45) is 0. The lowest BCUT2D eigenvalue weighted by atomic mass is 9.98. The standard InChI is InChI=1S/C26H31N3O4S/c1-15(2)20(22(30)27-14-16-9-8-10-17(13-16)33-5)28-23(31)21-26(3,4)34-25-19-12-7-6-11-18(19)24(32)29(21)25/h6-13,15,20-21,25H,14H2,1-5H3,(H,27,30)(H,28,31)/t20-,21+,25+/m0/s1. The largest absolute Gasteiger partial charge is 0.497 e. The molecule has 2 aromatic carbocycles. The highest BCUT2D eigenvalue weighted by Gasteiger charge is 2.57. The molecule has 8 heteroatoms. The predicted octanol–water partition coefficient (Wildman–Crippen LogP) is 3.50. The number of ether oxygens (including phenoxy) is 1. The Morgan fingerprint density at radius 1 is 1.15 bits per heavy atom. The zero-order valence-electron chi connectivity index (χ0n) is 20.1. The molecule has 0 spiro atoms. The summed E-state index contributed by atoms with van der Waals surface area (Å²) in [6.45, 7) is 8.06. The van der Waals surface area contributed by atoms with Crippen LogP contribution in [0.2, 0.25) is 0 Å². The van der Waals surface area contributed by atoms with E-state index in [4.69, 9.17) is 4.74 Å². The van der Waals surface area contributed by atoms with E-state index in [0.29, 0.717) is 17.9 Å². The first-order valence-corrected chi connectivity index (χ1v) is 12.3. The highest BCUT2D eigenvalue weighted by Crippen LogP contribution is 2.56. The summed E-state index contributed by atoms with van der Waals surface area (Å²) in [4.78, 5) is 41.5. The number of carbonyl (C=O) groups is 3. The fraction of sp³-hybridized carbons (Fsp3) is 0.423. The number of benzene rings is 2. The zero-order valence-corrected chi connectivity index (χ0v) is 20.9. The van der Waals surface area contributed by atoms with E-state index in [9.17, 15) is 14.4 Å². The minimum absolute atomic E-state index is 0.131. The minimum atomic E-state index is -0.724. The summed E-state index contributed by atoms with van der Waals surface area (Å²) in [7, 11) is 1.60. The van der Waals surface area contributed by atoms with Crippen molar-refractivity contribution in [1.82, 2.24) is 15.5 Å². The van der Waals surface area contributed by atoms with Crippen LogP contribution in [0.3, 0.4) is 0 Å². The van der Waals surface area contributed by atoms with Crippen LogP contribution in [0.15, 0.2) is 48.5 Å². The Bertz CT molecular complexity index is 1120. The molecule has 1 fully saturated rings. The first kappa shape index (κ1) is 24.1. The maximum absolute atomic E-state index is 13.6. The molecule has 2 aliphatic heterocycles. The molecule has 0 aromatic heterocycles. The third-order valence-corrected chi connectivity index (χ3v) is 7.93. The summed E-state index contributed by atoms with van der Waals surface area (Å²) in [5, 5.41) is 5.67. The SMILES string of the molecule is COc1cccc(CNC(=O)[C@@H](NC(=O)[C@H]2N3C(=O)c4ccccc4[C@H]3SC2(C)C)C(C)C)c1. The van der Waals surface area contributed by atoms with Gasteiger partial charge in [-0.3, -0.25) is 14.4 Å². The molecule has 2 aliphatic rings. The Labute approximate surface area is 204 Å². The summed E-state index contributed by atoms with van der Waals surface area (Å²) >= 11 is 1.61. The normalized spacial score (nSPS) is 21.1. The molecule has 0 unspecified atom stereocenters. The van der Waals surface area contributed by atoms with Crippen LogP contribution in [0.25, 0.3) is 0 Å². The van der Waals surface area contributed by atoms with E-state index in [1.165, 1.54) is 0 Å². The van der Waals surface area contributed by atoms with Crippen molar-refractivity contribution in [2.24, 2.45) is 5.92 Å². The molecule has 2 heterocycles. The van der Waals surface area contributed by atoms with Crippen molar-refractivity contribution in [3.8, 4) is 5.75 Å². The number of fused-ring (bicyclic) bond motifs is 3. The van der Waals surface area contributed by atoms with Gasteiger partial charge in [0, 0.05) is 16.9 Å². The Kier molecular flexibility index (Phi) is 6.62. The molecule has 0 bridgehead atoms. The molecular formula is C26H31N3O4S. The lowest BCUT2D eigenvalue weighted by Gasteiger charge is -2.32. The van der Waals surface area contributed by atoms with Gasteiger partial charge in [-0.25, -0.2) is 0 Å². The highest BCUT2D eigenvalue weighted by atomic mass is 32.2. The maximum Gasteiger partial charge on any atom is 0.256 e. The van der Waals surface area contributed by atoms with Gasteiger partial charge in [0.15, 0.2) is 0 Å². The topological polar surface area (TPSA) is 87.7 Å². The van der Waals surface area contributed by atoms with Crippen LogP contribution in [0.4, 0.5) is 0 Å². The van der Waals surface area contributed by atoms with E-state index < -0.39 is 16.8 Å². The monoisotopic (exact) mass is 481 g/mol. The summed E-state index contributed by atoms with van der Waals surface area (Å²) in [6, 6.07) is 13.6. The smallest absolute Gasteiger partial charge is 0.256 e. The second-order valence-electron chi connectivity index (χ2n) is 9.58. The molecule has 34 heavy (non-hydrogen) atoms. The molecular weight excluding hydrogens is 450 g/mol. The first-order chi connectivity index (χ1) is 16.1. The molecule has 4 rings (SSSR count). The van der Waals surface area contributed by atoms with Crippen molar-refractivity contribution < 1.29 is 19.1 Å². The Hall–Kier alpha value is -3.00. The van der Waals surface area contributed by atoms with Gasteiger partial charge in [-0.15, -0.1) is 11.8 Å². The third kappa shape index (κ3) is 4.39. The van der Waals surface area contributed by atoms with Crippen molar-refractivity contribution in [3.05, 3.63) is 65.2 Å². The van der Waals surface area contributed by atoms with E-state index in [1.54, 1.807) is 29.8 Å². The number of methoxy groups -OCH3 is 1. The van der Waals surface area contributed by atoms with Crippen LogP contribution in [-0.2, 0) is 16.1 Å². The molecule has 0 aliphatic carbocycles. The van der Waals surface area contributed by atoms with Crippen molar-refractivity contribution in [3.63, 3.8) is 0 Å². The van der Waals surface area contributed by atoms with Crippen LogP contribution < -0.4 is 15.4 Å². The summed E-state index contributed by atoms with van der Waals surface area (Å²) in [5.41, 5.74) is 2.49. The predicted molar refractivity (Wildman–Crippen MR) is 132 cm³/mol. The Balaban J connectivity index is 1.49. The molecule has 1 saturated heterocycles. The third-order valence-electron chi connectivity index (χ3n) is 6.39. The number of rotatable bonds is 7. The number of nitrogens with zero attached hydrogens (tertiary/aromatic N) is 1. The van der Waals surface area contributed by atoms with Gasteiger partial charge in [-0.1, -0.05) is 44.2 Å². The van der Waals surface area contributed by atoms with Crippen molar-refractivity contribution in [2.45, 2.75) is 56.4 Å². The number of nitrogens with one attached hydrogen (secondary N) is 2. The molecule has 180 valence electrons.